The van der Waals surface area contributed by atoms with E-state index in [0.717, 1.165) is 5.56 Å². The molecule has 0 saturated carbocycles. The number of rotatable bonds is 8. The molecule has 2 rings (SSSR count). The van der Waals surface area contributed by atoms with Gasteiger partial charge in [-0.1, -0.05) is 38.1 Å². The largest absolute Gasteiger partial charge is 0.355 e. The van der Waals surface area contributed by atoms with E-state index >= 15 is 0 Å². The minimum Gasteiger partial charge on any atom is -0.355 e. The molecule has 8 nitrogen and oxygen atoms in total. The van der Waals surface area contributed by atoms with E-state index in [2.05, 4.69) is 34.6 Å². The van der Waals surface area contributed by atoms with E-state index in [1.807, 2.05) is 38.1 Å². The lowest BCUT2D eigenvalue weighted by atomic mass is 10.0. The minimum atomic E-state index is -0.224. The summed E-state index contributed by atoms with van der Waals surface area (Å²) in [7, 11) is 0. The van der Waals surface area contributed by atoms with Crippen LogP contribution in [0, 0.1) is 0 Å². The number of nitrogens with zero attached hydrogens (tertiary/aromatic N) is 5. The average Bonchev–Trinajstić information content (AvgIpc) is 3.08. The quantitative estimate of drug-likeness (QED) is 0.771. The summed E-state index contributed by atoms with van der Waals surface area (Å²) in [6.07, 6.45) is 0. The molecule has 0 saturated heterocycles. The van der Waals surface area contributed by atoms with E-state index in [9.17, 15) is 9.59 Å². The molecule has 140 valence electrons. The van der Waals surface area contributed by atoms with Crippen molar-refractivity contribution in [1.82, 2.24) is 30.4 Å². The van der Waals surface area contributed by atoms with Gasteiger partial charge in [0.15, 0.2) is 0 Å². The number of amides is 2. The first kappa shape index (κ1) is 19.6. The van der Waals surface area contributed by atoms with Crippen molar-refractivity contribution in [3.05, 3.63) is 29.8 Å². The van der Waals surface area contributed by atoms with E-state index in [-0.39, 0.29) is 24.9 Å². The summed E-state index contributed by atoms with van der Waals surface area (Å²) >= 11 is 0. The van der Waals surface area contributed by atoms with Crippen LogP contribution in [0.5, 0.6) is 0 Å². The van der Waals surface area contributed by atoms with Gasteiger partial charge in [-0.15, -0.1) is 10.2 Å². The zero-order chi connectivity index (χ0) is 19.1. The predicted octanol–water partition coefficient (Wildman–Crippen LogP) is 1.45. The smallest absolute Gasteiger partial charge is 0.246 e. The van der Waals surface area contributed by atoms with Gasteiger partial charge in [0.1, 0.15) is 6.54 Å². The fourth-order valence-corrected chi connectivity index (χ4v) is 2.47. The Balaban J connectivity index is 2.02. The third kappa shape index (κ3) is 5.11. The van der Waals surface area contributed by atoms with Crippen LogP contribution >= 0.6 is 0 Å². The number of hydrogen-bond acceptors (Lipinski definition) is 5. The highest BCUT2D eigenvalue weighted by Crippen LogP contribution is 2.19. The molecule has 0 unspecified atom stereocenters. The van der Waals surface area contributed by atoms with Crippen molar-refractivity contribution < 1.29 is 9.59 Å². The van der Waals surface area contributed by atoms with E-state index in [0.29, 0.717) is 24.8 Å². The van der Waals surface area contributed by atoms with Crippen molar-refractivity contribution >= 4 is 11.8 Å². The molecule has 0 aliphatic rings. The molecule has 8 heteroatoms. The molecule has 0 fully saturated rings. The van der Waals surface area contributed by atoms with Gasteiger partial charge < -0.3 is 10.2 Å². The molecular weight excluding hydrogens is 332 g/mol. The standard InChI is InChI=1S/C18H26N6O2/c1-5-19-16(25)11-23(6-2)17(26)12-24-21-18(20-22-24)15-9-7-14(8-10-15)13(3)4/h7-10,13H,5-6,11-12H2,1-4H3,(H,19,25). The molecule has 1 aromatic carbocycles. The highest BCUT2D eigenvalue weighted by Gasteiger charge is 2.17. The first-order valence-corrected chi connectivity index (χ1v) is 8.87. The molecule has 0 bridgehead atoms. The Labute approximate surface area is 153 Å². The summed E-state index contributed by atoms with van der Waals surface area (Å²) in [5.74, 6) is 0.521. The summed E-state index contributed by atoms with van der Waals surface area (Å²) in [6, 6.07) is 7.98. The van der Waals surface area contributed by atoms with Crippen LogP contribution in [-0.4, -0.2) is 56.6 Å². The van der Waals surface area contributed by atoms with Gasteiger partial charge >= 0.3 is 0 Å². The van der Waals surface area contributed by atoms with Crippen LogP contribution in [-0.2, 0) is 16.1 Å². The van der Waals surface area contributed by atoms with E-state index in [1.165, 1.54) is 15.3 Å². The van der Waals surface area contributed by atoms with Gasteiger partial charge in [0.25, 0.3) is 0 Å². The Kier molecular flexibility index (Phi) is 6.82. The Morgan fingerprint density at radius 3 is 2.46 bits per heavy atom. The molecule has 2 aromatic rings. The Morgan fingerprint density at radius 2 is 1.88 bits per heavy atom. The van der Waals surface area contributed by atoms with E-state index in [1.54, 1.807) is 0 Å². The molecule has 0 aliphatic carbocycles. The van der Waals surface area contributed by atoms with E-state index < -0.39 is 0 Å². The van der Waals surface area contributed by atoms with Crippen LogP contribution in [0.15, 0.2) is 24.3 Å². The fourth-order valence-electron chi connectivity index (χ4n) is 2.47. The topological polar surface area (TPSA) is 93.0 Å². The lowest BCUT2D eigenvalue weighted by Crippen LogP contribution is -2.42. The summed E-state index contributed by atoms with van der Waals surface area (Å²) in [6.45, 7) is 8.89. The highest BCUT2D eigenvalue weighted by molar-refractivity contribution is 5.84. The number of nitrogens with one attached hydrogen (secondary N) is 1. The van der Waals surface area contributed by atoms with Crippen LogP contribution in [0.1, 0.15) is 39.2 Å². The fraction of sp³-hybridized carbons (Fsp3) is 0.500. The average molecular weight is 358 g/mol. The molecule has 1 aromatic heterocycles. The Bertz CT molecular complexity index is 738. The van der Waals surface area contributed by atoms with Gasteiger partial charge in [-0.3, -0.25) is 9.59 Å². The van der Waals surface area contributed by atoms with Gasteiger partial charge in [0.05, 0.1) is 6.54 Å². The van der Waals surface area contributed by atoms with Gasteiger partial charge in [0.2, 0.25) is 17.6 Å². The molecular formula is C18H26N6O2. The molecule has 0 aliphatic heterocycles. The van der Waals surface area contributed by atoms with E-state index in [4.69, 9.17) is 0 Å². The van der Waals surface area contributed by atoms with Crippen molar-refractivity contribution in [3.63, 3.8) is 0 Å². The summed E-state index contributed by atoms with van der Waals surface area (Å²) in [4.78, 5) is 26.8. The molecule has 0 spiro atoms. The van der Waals surface area contributed by atoms with Gasteiger partial charge in [-0.25, -0.2) is 0 Å². The van der Waals surface area contributed by atoms with Crippen LogP contribution < -0.4 is 5.32 Å². The van der Waals surface area contributed by atoms with Crippen molar-refractivity contribution in [2.45, 2.75) is 40.2 Å². The van der Waals surface area contributed by atoms with Crippen molar-refractivity contribution in [2.24, 2.45) is 0 Å². The summed E-state index contributed by atoms with van der Waals surface area (Å²) < 4.78 is 0. The van der Waals surface area contributed by atoms with Crippen molar-refractivity contribution in [1.29, 1.82) is 0 Å². The number of likely N-dealkylation sites (N-methyl/N-ethyl adjacent to an activating group) is 2. The maximum atomic E-state index is 12.4. The van der Waals surface area contributed by atoms with Crippen molar-refractivity contribution in [3.8, 4) is 11.4 Å². The molecule has 0 radical (unpaired) electrons. The Morgan fingerprint density at radius 1 is 1.19 bits per heavy atom. The van der Waals surface area contributed by atoms with Crippen LogP contribution in [0.25, 0.3) is 11.4 Å². The van der Waals surface area contributed by atoms with Crippen LogP contribution in [0.3, 0.4) is 0 Å². The third-order valence-electron chi connectivity index (χ3n) is 4.01. The summed E-state index contributed by atoms with van der Waals surface area (Å²) in [5.41, 5.74) is 2.09. The second-order valence-electron chi connectivity index (χ2n) is 6.28. The SMILES string of the molecule is CCNC(=O)CN(CC)C(=O)Cn1nnc(-c2ccc(C(C)C)cc2)n1. The maximum Gasteiger partial charge on any atom is 0.246 e. The lowest BCUT2D eigenvalue weighted by molar-refractivity contribution is -0.136. The molecule has 1 N–H and O–H groups in total. The number of aromatic nitrogens is 4. The highest BCUT2D eigenvalue weighted by atomic mass is 16.2. The predicted molar refractivity (Wildman–Crippen MR) is 98.3 cm³/mol. The molecule has 2 amide bonds. The number of hydrogen-bond donors (Lipinski definition) is 1. The number of carbonyl (C=O) groups is 2. The van der Waals surface area contributed by atoms with Crippen molar-refractivity contribution in [2.75, 3.05) is 19.6 Å². The number of carbonyl (C=O) groups excluding carboxylic acids is 2. The normalized spacial score (nSPS) is 10.8. The number of tetrazole rings is 1. The third-order valence-corrected chi connectivity index (χ3v) is 4.01. The molecule has 1 heterocycles. The minimum absolute atomic E-state index is 0.0292. The first-order chi connectivity index (χ1) is 12.4. The molecule has 26 heavy (non-hydrogen) atoms. The van der Waals surface area contributed by atoms with Crippen LogP contribution in [0.2, 0.25) is 0 Å². The lowest BCUT2D eigenvalue weighted by Gasteiger charge is -2.19. The second kappa shape index (κ2) is 9.07. The second-order valence-corrected chi connectivity index (χ2v) is 6.28. The van der Waals surface area contributed by atoms with Gasteiger partial charge in [-0.2, -0.15) is 4.80 Å². The van der Waals surface area contributed by atoms with Crippen LogP contribution in [0.4, 0.5) is 0 Å². The Hall–Kier alpha value is -2.77. The molecule has 0 atom stereocenters. The van der Waals surface area contributed by atoms with Gasteiger partial charge in [0, 0.05) is 18.7 Å². The first-order valence-electron chi connectivity index (χ1n) is 8.87. The zero-order valence-electron chi connectivity index (χ0n) is 15.8. The number of benzene rings is 1. The monoisotopic (exact) mass is 358 g/mol. The summed E-state index contributed by atoms with van der Waals surface area (Å²) in [5, 5.41) is 14.9. The maximum absolute atomic E-state index is 12.4. The zero-order valence-corrected chi connectivity index (χ0v) is 15.8. The van der Waals surface area contributed by atoms with Gasteiger partial charge in [-0.05, 0) is 30.5 Å².